The van der Waals surface area contributed by atoms with Crippen LogP contribution in [0.15, 0.2) is 53.8 Å². The molecule has 0 saturated heterocycles. The van der Waals surface area contributed by atoms with Gasteiger partial charge in [-0.1, -0.05) is 49.9 Å². The van der Waals surface area contributed by atoms with Gasteiger partial charge in [0.15, 0.2) is 10.9 Å². The summed E-state index contributed by atoms with van der Waals surface area (Å²) in [7, 11) is 2.03. The van der Waals surface area contributed by atoms with E-state index in [1.807, 2.05) is 19.2 Å². The number of thioether (sulfide) groups is 1. The van der Waals surface area contributed by atoms with E-state index < -0.39 is 0 Å². The molecule has 1 aromatic carbocycles. The molecule has 28 heavy (non-hydrogen) atoms. The number of allylic oxidation sites excluding steroid dienone is 3. The second-order valence-corrected chi connectivity index (χ2v) is 8.94. The number of para-hydroxylation sites is 1. The van der Waals surface area contributed by atoms with Crippen molar-refractivity contribution < 1.29 is 4.79 Å². The van der Waals surface area contributed by atoms with Gasteiger partial charge in [-0.3, -0.25) is 4.79 Å². The van der Waals surface area contributed by atoms with Crippen LogP contribution in [0, 0.1) is 0 Å². The molecule has 0 spiro atoms. The Labute approximate surface area is 170 Å². The molecule has 1 aliphatic heterocycles. The van der Waals surface area contributed by atoms with Crippen LogP contribution in [-0.2, 0) is 16.8 Å². The Kier molecular flexibility index (Phi) is 4.91. The molecule has 146 valence electrons. The molecule has 1 saturated carbocycles. The maximum Gasteiger partial charge on any atom is 0.191 e. The van der Waals surface area contributed by atoms with Crippen LogP contribution in [0.25, 0.3) is 0 Å². The third-order valence-electron chi connectivity index (χ3n) is 5.58. The van der Waals surface area contributed by atoms with Crippen molar-refractivity contribution in [3.05, 3.63) is 60.1 Å². The quantitative estimate of drug-likeness (QED) is 0.398. The van der Waals surface area contributed by atoms with Gasteiger partial charge in [0, 0.05) is 42.4 Å². The number of aromatic nitrogens is 3. The smallest absolute Gasteiger partial charge is 0.191 e. The summed E-state index contributed by atoms with van der Waals surface area (Å²) in [6.07, 6.45) is 6.00. The van der Waals surface area contributed by atoms with Gasteiger partial charge in [0.05, 0.1) is 5.75 Å². The molecular weight excluding hydrogens is 368 g/mol. The largest absolute Gasteiger partial charge is 0.347 e. The zero-order valence-corrected chi connectivity index (χ0v) is 17.5. The highest BCUT2D eigenvalue weighted by Gasteiger charge is 2.38. The Hall–Kier alpha value is -2.34. The van der Waals surface area contributed by atoms with Crippen LogP contribution < -0.4 is 4.90 Å². The number of fused-ring (bicyclic) bond motifs is 1. The molecule has 6 heteroatoms. The molecule has 0 radical (unpaired) electrons. The van der Waals surface area contributed by atoms with Crippen molar-refractivity contribution in [1.29, 1.82) is 0 Å². The number of likely N-dealkylation sites (N-methyl/N-ethyl adjacent to an activating group) is 1. The first-order valence-corrected chi connectivity index (χ1v) is 10.7. The van der Waals surface area contributed by atoms with Gasteiger partial charge >= 0.3 is 0 Å². The topological polar surface area (TPSA) is 51.0 Å². The number of anilines is 1. The minimum Gasteiger partial charge on any atom is -0.347 e. The zero-order chi connectivity index (χ0) is 19.9. The molecule has 0 bridgehead atoms. The summed E-state index contributed by atoms with van der Waals surface area (Å²) < 4.78 is 2.09. The molecule has 0 amide bonds. The fraction of sp³-hybridized carbons (Fsp3) is 0.409. The van der Waals surface area contributed by atoms with E-state index >= 15 is 0 Å². The maximum absolute atomic E-state index is 12.8. The number of rotatable bonds is 7. The molecule has 1 fully saturated rings. The van der Waals surface area contributed by atoms with Crippen LogP contribution in [0.4, 0.5) is 5.69 Å². The predicted octanol–water partition coefficient (Wildman–Crippen LogP) is 4.31. The highest BCUT2D eigenvalue weighted by Crippen LogP contribution is 2.46. The van der Waals surface area contributed by atoms with Gasteiger partial charge in [-0.2, -0.15) is 0 Å². The Bertz CT molecular complexity index is 955. The summed E-state index contributed by atoms with van der Waals surface area (Å²) in [6.45, 7) is 8.86. The third kappa shape index (κ3) is 3.30. The zero-order valence-electron chi connectivity index (χ0n) is 16.7. The maximum atomic E-state index is 12.8. The number of ketones is 1. The highest BCUT2D eigenvalue weighted by molar-refractivity contribution is 7.99. The van der Waals surface area contributed by atoms with Gasteiger partial charge in [-0.05, 0) is 24.5 Å². The number of benzene rings is 1. The monoisotopic (exact) mass is 394 g/mol. The van der Waals surface area contributed by atoms with E-state index in [9.17, 15) is 4.79 Å². The summed E-state index contributed by atoms with van der Waals surface area (Å²) in [5.74, 6) is 1.99. The first-order valence-electron chi connectivity index (χ1n) is 9.68. The lowest BCUT2D eigenvalue weighted by atomic mass is 9.83. The third-order valence-corrected chi connectivity index (χ3v) is 6.57. The van der Waals surface area contributed by atoms with Gasteiger partial charge in [0.2, 0.25) is 0 Å². The van der Waals surface area contributed by atoms with Crippen LogP contribution in [-0.4, -0.2) is 33.3 Å². The molecule has 5 nitrogen and oxygen atoms in total. The van der Waals surface area contributed by atoms with E-state index in [2.05, 4.69) is 58.3 Å². The summed E-state index contributed by atoms with van der Waals surface area (Å²) in [5.41, 5.74) is 3.27. The van der Waals surface area contributed by atoms with Crippen molar-refractivity contribution in [3.63, 3.8) is 0 Å². The second-order valence-electron chi connectivity index (χ2n) is 8.00. The molecule has 0 atom stereocenters. The Morgan fingerprint density at radius 3 is 2.75 bits per heavy atom. The Balaban J connectivity index is 1.50. The molecule has 1 aromatic heterocycles. The van der Waals surface area contributed by atoms with Crippen molar-refractivity contribution in [2.24, 2.45) is 0 Å². The average Bonchev–Trinajstić information content (AvgIpc) is 3.42. The number of hydrogen-bond donors (Lipinski definition) is 0. The van der Waals surface area contributed by atoms with Crippen molar-refractivity contribution >= 4 is 23.2 Å². The fourth-order valence-corrected chi connectivity index (χ4v) is 4.72. The van der Waals surface area contributed by atoms with Crippen molar-refractivity contribution in [1.82, 2.24) is 14.8 Å². The SMILES string of the molecule is C=CCn1c(SCC(=O)/C=C2\N(C)c3ccccc3C2(C)C)nnc1C1CC1. The van der Waals surface area contributed by atoms with E-state index in [4.69, 9.17) is 0 Å². The van der Waals surface area contributed by atoms with Crippen molar-refractivity contribution in [2.75, 3.05) is 17.7 Å². The van der Waals surface area contributed by atoms with Gasteiger partial charge in [-0.25, -0.2) is 0 Å². The molecule has 2 heterocycles. The van der Waals surface area contributed by atoms with Gasteiger partial charge in [0.25, 0.3) is 0 Å². The number of carbonyl (C=O) groups excluding carboxylic acids is 1. The standard InChI is InChI=1S/C22H26N4OS/c1-5-12-26-20(15-10-11-15)23-24-21(26)28-14-16(27)13-19-22(2,3)17-8-6-7-9-18(17)25(19)4/h5-9,13,15H,1,10-12,14H2,2-4H3/b19-13-. The van der Waals surface area contributed by atoms with Crippen LogP contribution >= 0.6 is 11.8 Å². The summed E-state index contributed by atoms with van der Waals surface area (Å²) in [6, 6.07) is 8.34. The predicted molar refractivity (Wildman–Crippen MR) is 114 cm³/mol. The second kappa shape index (κ2) is 7.24. The van der Waals surface area contributed by atoms with E-state index in [0.717, 1.165) is 16.7 Å². The molecule has 0 unspecified atom stereocenters. The molecule has 1 aliphatic carbocycles. The van der Waals surface area contributed by atoms with Crippen LogP contribution in [0.3, 0.4) is 0 Å². The Morgan fingerprint density at radius 2 is 2.07 bits per heavy atom. The van der Waals surface area contributed by atoms with Crippen LogP contribution in [0.2, 0.25) is 0 Å². The molecule has 4 rings (SSSR count). The minimum atomic E-state index is -0.187. The number of nitrogens with zero attached hydrogens (tertiary/aromatic N) is 4. The van der Waals surface area contributed by atoms with Crippen molar-refractivity contribution in [2.45, 2.75) is 49.7 Å². The van der Waals surface area contributed by atoms with Gasteiger partial charge in [-0.15, -0.1) is 16.8 Å². The lowest BCUT2D eigenvalue weighted by molar-refractivity contribution is -0.112. The van der Waals surface area contributed by atoms with E-state index in [-0.39, 0.29) is 11.2 Å². The molecule has 0 N–H and O–H groups in total. The molecule has 2 aromatic rings. The lowest BCUT2D eigenvalue weighted by Gasteiger charge is -2.23. The highest BCUT2D eigenvalue weighted by atomic mass is 32.2. The van der Waals surface area contributed by atoms with E-state index in [1.54, 1.807) is 6.08 Å². The van der Waals surface area contributed by atoms with E-state index in [1.165, 1.54) is 35.9 Å². The normalized spacial score (nSPS) is 19.1. The first-order chi connectivity index (χ1) is 13.4. The van der Waals surface area contributed by atoms with Crippen LogP contribution in [0.1, 0.15) is 44.0 Å². The molecular formula is C22H26N4OS. The first kappa shape index (κ1) is 19.0. The molecule has 2 aliphatic rings. The lowest BCUT2D eigenvalue weighted by Crippen LogP contribution is -2.24. The van der Waals surface area contributed by atoms with Gasteiger partial charge in [0.1, 0.15) is 5.82 Å². The fourth-order valence-electron chi connectivity index (χ4n) is 3.94. The van der Waals surface area contributed by atoms with E-state index in [0.29, 0.717) is 18.2 Å². The summed E-state index contributed by atoms with van der Waals surface area (Å²) in [4.78, 5) is 14.9. The van der Waals surface area contributed by atoms with Gasteiger partial charge < -0.3 is 9.47 Å². The number of hydrogen-bond acceptors (Lipinski definition) is 5. The average molecular weight is 395 g/mol. The van der Waals surface area contributed by atoms with Crippen LogP contribution in [0.5, 0.6) is 0 Å². The summed E-state index contributed by atoms with van der Waals surface area (Å²) in [5, 5.41) is 9.47. The summed E-state index contributed by atoms with van der Waals surface area (Å²) >= 11 is 1.46. The minimum absolute atomic E-state index is 0.0915. The van der Waals surface area contributed by atoms with Crippen molar-refractivity contribution in [3.8, 4) is 0 Å². The Morgan fingerprint density at radius 1 is 1.32 bits per heavy atom. The number of carbonyl (C=O) groups is 1.